The van der Waals surface area contributed by atoms with E-state index in [2.05, 4.69) is 9.97 Å². The molecular weight excluding hydrogens is 190 g/mol. The van der Waals surface area contributed by atoms with E-state index in [1.165, 1.54) is 6.20 Å². The Balaban J connectivity index is 3.21. The van der Waals surface area contributed by atoms with E-state index < -0.39 is 9.84 Å². The van der Waals surface area contributed by atoms with Gasteiger partial charge in [0.1, 0.15) is 5.82 Å². The second kappa shape index (κ2) is 3.29. The van der Waals surface area contributed by atoms with Crippen molar-refractivity contribution in [1.29, 1.82) is 0 Å². The van der Waals surface area contributed by atoms with Crippen LogP contribution in [0.5, 0.6) is 0 Å². The first-order valence-electron chi connectivity index (χ1n) is 3.61. The lowest BCUT2D eigenvalue weighted by Gasteiger charge is -2.10. The summed E-state index contributed by atoms with van der Waals surface area (Å²) in [5, 5.41) is -0.140. The fourth-order valence-corrected chi connectivity index (χ4v) is 1.27. The van der Waals surface area contributed by atoms with Gasteiger partial charge in [0.25, 0.3) is 0 Å². The topological polar surface area (TPSA) is 63.2 Å². The van der Waals surface area contributed by atoms with Gasteiger partial charge in [0, 0.05) is 26.5 Å². The minimum absolute atomic E-state index is 0.140. The molecule has 0 radical (unpaired) electrons. The summed E-state index contributed by atoms with van der Waals surface area (Å²) in [6, 6.07) is 1.65. The third-order valence-electron chi connectivity index (χ3n) is 1.41. The number of rotatable bonds is 2. The molecule has 0 bridgehead atoms. The van der Waals surface area contributed by atoms with E-state index in [4.69, 9.17) is 0 Å². The lowest BCUT2D eigenvalue weighted by atomic mass is 10.5. The van der Waals surface area contributed by atoms with Crippen molar-refractivity contribution in [3.05, 3.63) is 12.3 Å². The van der Waals surface area contributed by atoms with Crippen LogP contribution in [0.3, 0.4) is 0 Å². The summed E-state index contributed by atoms with van der Waals surface area (Å²) in [6.45, 7) is 0. The summed E-state index contributed by atoms with van der Waals surface area (Å²) in [4.78, 5) is 9.26. The van der Waals surface area contributed by atoms with E-state index in [0.29, 0.717) is 5.82 Å². The van der Waals surface area contributed by atoms with Crippen LogP contribution in [0.4, 0.5) is 5.82 Å². The van der Waals surface area contributed by atoms with Crippen LogP contribution in [0.2, 0.25) is 0 Å². The zero-order valence-electron chi connectivity index (χ0n) is 7.72. The first-order valence-corrected chi connectivity index (χ1v) is 5.51. The molecule has 1 aromatic heterocycles. The molecule has 6 heteroatoms. The molecule has 0 aliphatic heterocycles. The van der Waals surface area contributed by atoms with Gasteiger partial charge in [-0.15, -0.1) is 0 Å². The predicted octanol–water partition coefficient (Wildman–Crippen LogP) is -0.0539. The zero-order chi connectivity index (χ0) is 10.1. The standard InChI is InChI=1S/C7H11N3O2S/c1-10(2)6-4-5-8-7(9-6)13(3,11)12/h4-5H,1-3H3. The van der Waals surface area contributed by atoms with Crippen molar-refractivity contribution in [3.63, 3.8) is 0 Å². The average molecular weight is 201 g/mol. The fourth-order valence-electron chi connectivity index (χ4n) is 0.760. The largest absolute Gasteiger partial charge is 0.363 e. The van der Waals surface area contributed by atoms with Gasteiger partial charge in [-0.25, -0.2) is 18.4 Å². The summed E-state index contributed by atoms with van der Waals surface area (Å²) >= 11 is 0. The van der Waals surface area contributed by atoms with Gasteiger partial charge in [-0.3, -0.25) is 0 Å². The summed E-state index contributed by atoms with van der Waals surface area (Å²) in [5.74, 6) is 0.579. The highest BCUT2D eigenvalue weighted by molar-refractivity contribution is 7.90. The van der Waals surface area contributed by atoms with Crippen molar-refractivity contribution in [2.24, 2.45) is 0 Å². The maximum atomic E-state index is 11.1. The highest BCUT2D eigenvalue weighted by Crippen LogP contribution is 2.08. The Labute approximate surface area is 77.4 Å². The molecule has 0 aliphatic carbocycles. The van der Waals surface area contributed by atoms with E-state index in [1.807, 2.05) is 0 Å². The van der Waals surface area contributed by atoms with Gasteiger partial charge in [-0.05, 0) is 6.07 Å². The van der Waals surface area contributed by atoms with E-state index in [0.717, 1.165) is 6.26 Å². The van der Waals surface area contributed by atoms with Crippen molar-refractivity contribution >= 4 is 15.7 Å². The Morgan fingerprint density at radius 2 is 2.00 bits per heavy atom. The lowest BCUT2D eigenvalue weighted by molar-refractivity contribution is 0.593. The second-order valence-electron chi connectivity index (χ2n) is 2.86. The molecule has 0 atom stereocenters. The quantitative estimate of drug-likeness (QED) is 0.627. The number of anilines is 1. The van der Waals surface area contributed by atoms with Gasteiger partial charge < -0.3 is 4.90 Å². The first-order chi connectivity index (χ1) is 5.91. The molecule has 0 aliphatic rings. The molecule has 0 fully saturated rings. The summed E-state index contributed by atoms with van der Waals surface area (Å²) in [5.41, 5.74) is 0. The van der Waals surface area contributed by atoms with Crippen LogP contribution in [-0.4, -0.2) is 38.7 Å². The Morgan fingerprint density at radius 1 is 1.38 bits per heavy atom. The maximum absolute atomic E-state index is 11.1. The van der Waals surface area contributed by atoms with E-state index >= 15 is 0 Å². The lowest BCUT2D eigenvalue weighted by Crippen LogP contribution is -2.13. The normalized spacial score (nSPS) is 11.3. The van der Waals surface area contributed by atoms with Gasteiger partial charge in [0.05, 0.1) is 0 Å². The molecule has 1 aromatic rings. The molecule has 0 aromatic carbocycles. The van der Waals surface area contributed by atoms with Gasteiger partial charge in [-0.2, -0.15) is 0 Å². The smallest absolute Gasteiger partial charge is 0.248 e. The van der Waals surface area contributed by atoms with Crippen molar-refractivity contribution in [3.8, 4) is 0 Å². The molecule has 13 heavy (non-hydrogen) atoms. The Kier molecular flexibility index (Phi) is 2.51. The van der Waals surface area contributed by atoms with Crippen LogP contribution in [0, 0.1) is 0 Å². The molecule has 0 saturated carbocycles. The third kappa shape index (κ3) is 2.38. The summed E-state index contributed by atoms with van der Waals surface area (Å²) in [7, 11) is 0.264. The highest BCUT2D eigenvalue weighted by atomic mass is 32.2. The SMILES string of the molecule is CN(C)c1ccnc(S(C)(=O)=O)n1. The molecule has 0 N–H and O–H groups in total. The van der Waals surface area contributed by atoms with Crippen molar-refractivity contribution < 1.29 is 8.42 Å². The minimum atomic E-state index is -3.31. The van der Waals surface area contributed by atoms with Crippen LogP contribution in [0.15, 0.2) is 17.4 Å². The van der Waals surface area contributed by atoms with Crippen LogP contribution >= 0.6 is 0 Å². The van der Waals surface area contributed by atoms with Crippen LogP contribution < -0.4 is 4.90 Å². The van der Waals surface area contributed by atoms with Crippen LogP contribution in [-0.2, 0) is 9.84 Å². The molecule has 0 unspecified atom stereocenters. The van der Waals surface area contributed by atoms with Crippen LogP contribution in [0.1, 0.15) is 0 Å². The van der Waals surface area contributed by atoms with Crippen molar-refractivity contribution in [1.82, 2.24) is 9.97 Å². The monoisotopic (exact) mass is 201 g/mol. The Hall–Kier alpha value is -1.17. The Morgan fingerprint density at radius 3 is 2.46 bits per heavy atom. The van der Waals surface area contributed by atoms with Crippen molar-refractivity contribution in [2.75, 3.05) is 25.3 Å². The molecule has 72 valence electrons. The maximum Gasteiger partial charge on any atom is 0.248 e. The van der Waals surface area contributed by atoms with Gasteiger partial charge in [0.2, 0.25) is 15.0 Å². The average Bonchev–Trinajstić information content (AvgIpc) is 2.03. The van der Waals surface area contributed by atoms with E-state index in [1.54, 1.807) is 25.1 Å². The number of hydrogen-bond acceptors (Lipinski definition) is 5. The summed E-state index contributed by atoms with van der Waals surface area (Å²) < 4.78 is 22.1. The molecule has 1 rings (SSSR count). The van der Waals surface area contributed by atoms with Gasteiger partial charge >= 0.3 is 0 Å². The zero-order valence-corrected chi connectivity index (χ0v) is 8.54. The minimum Gasteiger partial charge on any atom is -0.363 e. The molecule has 0 amide bonds. The van der Waals surface area contributed by atoms with E-state index in [9.17, 15) is 8.42 Å². The predicted molar refractivity (Wildman–Crippen MR) is 49.5 cm³/mol. The Bertz CT molecular complexity index is 400. The molecular formula is C7H11N3O2S. The number of nitrogens with zero attached hydrogens (tertiary/aromatic N) is 3. The summed E-state index contributed by atoms with van der Waals surface area (Å²) in [6.07, 6.45) is 2.51. The van der Waals surface area contributed by atoms with Crippen molar-refractivity contribution in [2.45, 2.75) is 5.16 Å². The first kappa shape index (κ1) is 9.91. The number of aromatic nitrogens is 2. The van der Waals surface area contributed by atoms with Gasteiger partial charge in [-0.1, -0.05) is 0 Å². The molecule has 0 spiro atoms. The highest BCUT2D eigenvalue weighted by Gasteiger charge is 2.11. The second-order valence-corrected chi connectivity index (χ2v) is 4.77. The molecule has 5 nitrogen and oxygen atoms in total. The molecule has 1 heterocycles. The third-order valence-corrected chi connectivity index (χ3v) is 2.27. The van der Waals surface area contributed by atoms with Gasteiger partial charge in [0.15, 0.2) is 0 Å². The fraction of sp³-hybridized carbons (Fsp3) is 0.429. The number of hydrogen-bond donors (Lipinski definition) is 0. The van der Waals surface area contributed by atoms with Crippen LogP contribution in [0.25, 0.3) is 0 Å². The number of sulfone groups is 1. The molecule has 0 saturated heterocycles. The van der Waals surface area contributed by atoms with E-state index in [-0.39, 0.29) is 5.16 Å².